The summed E-state index contributed by atoms with van der Waals surface area (Å²) in [7, 11) is 0. The van der Waals surface area contributed by atoms with E-state index in [-0.39, 0.29) is 11.4 Å². The van der Waals surface area contributed by atoms with Gasteiger partial charge in [0.25, 0.3) is 5.91 Å². The van der Waals surface area contributed by atoms with E-state index in [2.05, 4.69) is 98.4 Å². The van der Waals surface area contributed by atoms with Gasteiger partial charge in [-0.3, -0.25) is 4.79 Å². The number of hydrogen-bond donors (Lipinski definition) is 2. The summed E-state index contributed by atoms with van der Waals surface area (Å²) >= 11 is 1.52. The average molecular weight is 432 g/mol. The van der Waals surface area contributed by atoms with Gasteiger partial charge in [0.2, 0.25) is 0 Å². The predicted molar refractivity (Wildman–Crippen MR) is 132 cm³/mol. The molecule has 1 saturated heterocycles. The van der Waals surface area contributed by atoms with Gasteiger partial charge in [-0.1, -0.05) is 49.0 Å². The Bertz CT molecular complexity index is 1140. The molecule has 1 atom stereocenters. The zero-order valence-corrected chi connectivity index (χ0v) is 19.6. The van der Waals surface area contributed by atoms with E-state index < -0.39 is 0 Å². The molecule has 1 aromatic heterocycles. The van der Waals surface area contributed by atoms with Crippen molar-refractivity contribution in [2.45, 2.75) is 46.5 Å². The van der Waals surface area contributed by atoms with Crippen LogP contribution in [0.3, 0.4) is 0 Å². The van der Waals surface area contributed by atoms with Gasteiger partial charge in [0.15, 0.2) is 5.50 Å². The van der Waals surface area contributed by atoms with Crippen LogP contribution in [-0.4, -0.2) is 16.0 Å². The van der Waals surface area contributed by atoms with Crippen LogP contribution in [0.15, 0.2) is 53.4 Å². The second-order valence-electron chi connectivity index (χ2n) is 8.08. The largest absolute Gasteiger partial charge is 0.357 e. The third-order valence-electron chi connectivity index (χ3n) is 5.81. The van der Waals surface area contributed by atoms with E-state index in [4.69, 9.17) is 0 Å². The van der Waals surface area contributed by atoms with Gasteiger partial charge in [0.05, 0.1) is 10.6 Å². The molecule has 0 bridgehead atoms. The van der Waals surface area contributed by atoms with Gasteiger partial charge in [-0.15, -0.1) is 0 Å². The van der Waals surface area contributed by atoms with Crippen molar-refractivity contribution < 1.29 is 4.79 Å². The molecular formula is C26H29N3OS. The standard InChI is InChI=1S/C26H29N3OS/c1-6-20-10-12-22(13-11-20)27-26-28-25(30)23(31-26)15-21-14-18(4)29(19(21)5)24-16(2)8-7-9-17(24)3/h7-15,26-27H,6H2,1-5H3,(H,28,30)/b23-15-/t26-/m1/s1. The van der Waals surface area contributed by atoms with E-state index in [1.807, 2.05) is 6.08 Å². The summed E-state index contributed by atoms with van der Waals surface area (Å²) in [6.45, 7) is 10.7. The van der Waals surface area contributed by atoms with Crippen molar-refractivity contribution in [1.82, 2.24) is 9.88 Å². The van der Waals surface area contributed by atoms with Gasteiger partial charge in [0, 0.05) is 17.1 Å². The molecule has 0 aliphatic carbocycles. The Balaban J connectivity index is 1.58. The maximum atomic E-state index is 12.6. The highest BCUT2D eigenvalue weighted by Gasteiger charge is 2.27. The van der Waals surface area contributed by atoms with Gasteiger partial charge in [-0.25, -0.2) is 0 Å². The Morgan fingerprint density at radius 1 is 1.06 bits per heavy atom. The number of nitrogens with one attached hydrogen (secondary N) is 2. The minimum absolute atomic E-state index is 0.0375. The molecule has 31 heavy (non-hydrogen) atoms. The molecule has 1 aliphatic heterocycles. The molecule has 0 spiro atoms. The van der Waals surface area contributed by atoms with Gasteiger partial charge in [-0.2, -0.15) is 0 Å². The smallest absolute Gasteiger partial charge is 0.260 e. The third-order valence-corrected chi connectivity index (χ3v) is 6.84. The Morgan fingerprint density at radius 2 is 1.74 bits per heavy atom. The minimum Gasteiger partial charge on any atom is -0.357 e. The Hall–Kier alpha value is -2.92. The number of carbonyl (C=O) groups is 1. The maximum absolute atomic E-state index is 12.6. The van der Waals surface area contributed by atoms with Crippen molar-refractivity contribution in [3.63, 3.8) is 0 Å². The number of carbonyl (C=O) groups excluding carboxylic acids is 1. The summed E-state index contributed by atoms with van der Waals surface area (Å²) in [6.07, 6.45) is 3.02. The lowest BCUT2D eigenvalue weighted by molar-refractivity contribution is -0.116. The lowest BCUT2D eigenvalue weighted by Crippen LogP contribution is -2.30. The Morgan fingerprint density at radius 3 is 2.39 bits per heavy atom. The van der Waals surface area contributed by atoms with E-state index in [1.54, 1.807) is 0 Å². The van der Waals surface area contributed by atoms with Crippen LogP contribution in [0.5, 0.6) is 0 Å². The van der Waals surface area contributed by atoms with E-state index in [9.17, 15) is 4.79 Å². The number of anilines is 1. The first-order valence-electron chi connectivity index (χ1n) is 10.7. The van der Waals surface area contributed by atoms with E-state index >= 15 is 0 Å². The van der Waals surface area contributed by atoms with Crippen LogP contribution in [0, 0.1) is 27.7 Å². The fraction of sp³-hybridized carbons (Fsp3) is 0.269. The van der Waals surface area contributed by atoms with Crippen LogP contribution in [0.2, 0.25) is 0 Å². The number of para-hydroxylation sites is 1. The molecule has 5 heteroatoms. The van der Waals surface area contributed by atoms with Crippen molar-refractivity contribution in [2.75, 3.05) is 5.32 Å². The fourth-order valence-electron chi connectivity index (χ4n) is 4.13. The number of hydrogen-bond acceptors (Lipinski definition) is 3. The van der Waals surface area contributed by atoms with Gasteiger partial charge in [-0.05, 0) is 80.6 Å². The first-order valence-corrected chi connectivity index (χ1v) is 11.6. The minimum atomic E-state index is -0.173. The van der Waals surface area contributed by atoms with Crippen LogP contribution >= 0.6 is 11.8 Å². The van der Waals surface area contributed by atoms with E-state index in [0.29, 0.717) is 0 Å². The number of nitrogens with zero attached hydrogens (tertiary/aromatic N) is 1. The first-order chi connectivity index (χ1) is 14.9. The number of thioether (sulfide) groups is 1. The van der Waals surface area contributed by atoms with Crippen LogP contribution < -0.4 is 10.6 Å². The van der Waals surface area contributed by atoms with Crippen LogP contribution in [-0.2, 0) is 11.2 Å². The normalized spacial score (nSPS) is 17.3. The molecule has 160 valence electrons. The zero-order valence-electron chi connectivity index (χ0n) is 18.7. The quantitative estimate of drug-likeness (QED) is 0.497. The van der Waals surface area contributed by atoms with Crippen molar-refractivity contribution in [3.05, 3.63) is 87.1 Å². The molecular weight excluding hydrogens is 402 g/mol. The Kier molecular flexibility index (Phi) is 5.96. The highest BCUT2D eigenvalue weighted by molar-refractivity contribution is 8.05. The highest BCUT2D eigenvalue weighted by atomic mass is 32.2. The van der Waals surface area contributed by atoms with Crippen LogP contribution in [0.4, 0.5) is 5.69 Å². The van der Waals surface area contributed by atoms with Crippen molar-refractivity contribution in [2.24, 2.45) is 0 Å². The molecule has 0 saturated carbocycles. The van der Waals surface area contributed by atoms with Crippen LogP contribution in [0.25, 0.3) is 11.8 Å². The SMILES string of the molecule is CCc1ccc(N[C@@H]2NC(=O)/C(=C/c3cc(C)n(-c4c(C)cccc4C)c3C)S2)cc1. The molecule has 2 aromatic carbocycles. The zero-order chi connectivity index (χ0) is 22.1. The molecule has 1 aliphatic rings. The molecule has 0 radical (unpaired) electrons. The second kappa shape index (κ2) is 8.67. The second-order valence-corrected chi connectivity index (χ2v) is 9.22. The van der Waals surface area contributed by atoms with Gasteiger partial charge >= 0.3 is 0 Å². The van der Waals surface area contributed by atoms with Crippen molar-refractivity contribution >= 4 is 29.4 Å². The average Bonchev–Trinajstić information content (AvgIpc) is 3.22. The summed E-state index contributed by atoms with van der Waals surface area (Å²) in [5, 5.41) is 6.43. The van der Waals surface area contributed by atoms with Crippen molar-refractivity contribution in [1.29, 1.82) is 0 Å². The molecule has 2 N–H and O–H groups in total. The Labute approximate surface area is 188 Å². The molecule has 1 fully saturated rings. The molecule has 3 aromatic rings. The number of amides is 1. The number of benzene rings is 2. The lowest BCUT2D eigenvalue weighted by Gasteiger charge is -2.15. The number of rotatable bonds is 5. The number of aromatic nitrogens is 1. The summed E-state index contributed by atoms with van der Waals surface area (Å²) in [4.78, 5) is 13.3. The summed E-state index contributed by atoms with van der Waals surface area (Å²) in [6, 6.07) is 16.9. The van der Waals surface area contributed by atoms with E-state index in [1.165, 1.54) is 34.1 Å². The predicted octanol–water partition coefficient (Wildman–Crippen LogP) is 5.87. The lowest BCUT2D eigenvalue weighted by atomic mass is 10.1. The number of aryl methyl sites for hydroxylation is 4. The molecule has 0 unspecified atom stereocenters. The summed E-state index contributed by atoms with van der Waals surface area (Å²) in [5.74, 6) is -0.0375. The van der Waals surface area contributed by atoms with E-state index in [0.717, 1.165) is 34.0 Å². The molecule has 4 nitrogen and oxygen atoms in total. The highest BCUT2D eigenvalue weighted by Crippen LogP contribution is 2.33. The molecule has 4 rings (SSSR count). The fourth-order valence-corrected chi connectivity index (χ4v) is 5.11. The monoisotopic (exact) mass is 431 g/mol. The topological polar surface area (TPSA) is 46.1 Å². The third kappa shape index (κ3) is 4.28. The molecule has 1 amide bonds. The summed E-state index contributed by atoms with van der Waals surface area (Å²) in [5.41, 5.74) is 9.22. The van der Waals surface area contributed by atoms with Crippen molar-refractivity contribution in [3.8, 4) is 5.69 Å². The van der Waals surface area contributed by atoms with Gasteiger partial charge < -0.3 is 15.2 Å². The first kappa shape index (κ1) is 21.3. The van der Waals surface area contributed by atoms with Gasteiger partial charge in [0.1, 0.15) is 0 Å². The van der Waals surface area contributed by atoms with Crippen LogP contribution in [0.1, 0.15) is 40.6 Å². The maximum Gasteiger partial charge on any atom is 0.260 e. The molecule has 2 heterocycles. The summed E-state index contributed by atoms with van der Waals surface area (Å²) < 4.78 is 2.29.